The minimum Gasteiger partial charge on any atom is -0.393 e. The van der Waals surface area contributed by atoms with Crippen molar-refractivity contribution in [2.45, 2.75) is 43.7 Å². The lowest BCUT2D eigenvalue weighted by Gasteiger charge is -2.31. The second kappa shape index (κ2) is 3.90. The molecule has 0 bridgehead atoms. The van der Waals surface area contributed by atoms with E-state index < -0.39 is 29.9 Å². The molecule has 1 unspecified atom stereocenters. The van der Waals surface area contributed by atoms with Crippen molar-refractivity contribution >= 4 is 0 Å². The van der Waals surface area contributed by atoms with Gasteiger partial charge in [0, 0.05) is 7.11 Å². The number of hydrogen-bond donors (Lipinski definition) is 2. The fourth-order valence-electron chi connectivity index (χ4n) is 2.25. The van der Waals surface area contributed by atoms with Gasteiger partial charge >= 0.3 is 0 Å². The lowest BCUT2D eigenvalue weighted by molar-refractivity contribution is -0.262. The third kappa shape index (κ3) is 1.66. The van der Waals surface area contributed by atoms with E-state index in [0.717, 1.165) is 0 Å². The Bertz CT molecular complexity index is 262. The number of fused-ring (bicyclic) bond motifs is 1. The lowest BCUT2D eigenvalue weighted by atomic mass is 9.97. The van der Waals surface area contributed by atoms with Crippen molar-refractivity contribution in [3.8, 4) is 0 Å². The zero-order valence-electron chi connectivity index (χ0n) is 9.67. The fourth-order valence-corrected chi connectivity index (χ4v) is 2.25. The van der Waals surface area contributed by atoms with Crippen LogP contribution < -0.4 is 0 Å². The summed E-state index contributed by atoms with van der Waals surface area (Å²) >= 11 is 0. The zero-order valence-corrected chi connectivity index (χ0v) is 9.67. The first-order valence-corrected chi connectivity index (χ1v) is 5.26. The highest BCUT2D eigenvalue weighted by Crippen LogP contribution is 2.43. The van der Waals surface area contributed by atoms with Gasteiger partial charge in [-0.2, -0.15) is 0 Å². The van der Waals surface area contributed by atoms with E-state index in [1.54, 1.807) is 13.8 Å². The van der Waals surface area contributed by atoms with Crippen molar-refractivity contribution in [3.63, 3.8) is 0 Å². The van der Waals surface area contributed by atoms with Crippen LogP contribution in [-0.4, -0.2) is 60.4 Å². The smallest absolute Gasteiger partial charge is 0.187 e. The maximum Gasteiger partial charge on any atom is 0.187 e. The molecule has 2 heterocycles. The summed E-state index contributed by atoms with van der Waals surface area (Å²) in [7, 11) is 1.49. The number of ether oxygens (including phenoxy) is 4. The summed E-state index contributed by atoms with van der Waals surface area (Å²) in [6.45, 7) is 2.86. The van der Waals surface area contributed by atoms with Crippen molar-refractivity contribution in [1.82, 2.24) is 0 Å². The topological polar surface area (TPSA) is 77.4 Å². The maximum atomic E-state index is 9.37. The van der Waals surface area contributed by atoms with Gasteiger partial charge in [-0.1, -0.05) is 0 Å². The molecule has 6 heteroatoms. The SMILES string of the molecule is COC1OC(CO)(CO)[C@H]2OC(C)(C)O[C@H]12. The molecule has 0 radical (unpaired) electrons. The third-order valence-corrected chi connectivity index (χ3v) is 3.03. The van der Waals surface area contributed by atoms with E-state index in [0.29, 0.717) is 0 Å². The molecule has 0 spiro atoms. The Kier molecular flexibility index (Phi) is 2.98. The Hall–Kier alpha value is -0.240. The molecule has 0 aromatic heterocycles. The molecule has 16 heavy (non-hydrogen) atoms. The van der Waals surface area contributed by atoms with E-state index in [4.69, 9.17) is 18.9 Å². The Morgan fingerprint density at radius 2 is 1.75 bits per heavy atom. The number of hydrogen-bond acceptors (Lipinski definition) is 6. The van der Waals surface area contributed by atoms with Crippen LogP contribution in [0.2, 0.25) is 0 Å². The Morgan fingerprint density at radius 1 is 1.12 bits per heavy atom. The first kappa shape index (κ1) is 12.2. The van der Waals surface area contributed by atoms with E-state index in [2.05, 4.69) is 0 Å². The van der Waals surface area contributed by atoms with Crippen molar-refractivity contribution in [2.75, 3.05) is 20.3 Å². The highest BCUT2D eigenvalue weighted by Gasteiger charge is 2.62. The van der Waals surface area contributed by atoms with Crippen LogP contribution in [0, 0.1) is 0 Å². The van der Waals surface area contributed by atoms with E-state index in [-0.39, 0.29) is 13.2 Å². The summed E-state index contributed by atoms with van der Waals surface area (Å²) < 4.78 is 21.9. The largest absolute Gasteiger partial charge is 0.393 e. The Morgan fingerprint density at radius 3 is 2.25 bits per heavy atom. The summed E-state index contributed by atoms with van der Waals surface area (Å²) in [5.41, 5.74) is -1.15. The Labute approximate surface area is 94.1 Å². The molecule has 2 saturated heterocycles. The molecule has 2 N–H and O–H groups in total. The van der Waals surface area contributed by atoms with E-state index in [9.17, 15) is 10.2 Å². The second-order valence-corrected chi connectivity index (χ2v) is 4.62. The van der Waals surface area contributed by atoms with Crippen LogP contribution in [0.1, 0.15) is 13.8 Å². The van der Waals surface area contributed by atoms with Crippen molar-refractivity contribution in [1.29, 1.82) is 0 Å². The van der Waals surface area contributed by atoms with Gasteiger partial charge in [-0.05, 0) is 13.8 Å². The predicted octanol–water partition coefficient (Wildman–Crippen LogP) is -0.767. The van der Waals surface area contributed by atoms with Crippen LogP contribution in [0.15, 0.2) is 0 Å². The van der Waals surface area contributed by atoms with E-state index in [1.807, 2.05) is 0 Å². The van der Waals surface area contributed by atoms with Crippen LogP contribution in [0.3, 0.4) is 0 Å². The van der Waals surface area contributed by atoms with Crippen LogP contribution in [0.4, 0.5) is 0 Å². The molecular weight excluding hydrogens is 216 g/mol. The van der Waals surface area contributed by atoms with Gasteiger partial charge in [-0.25, -0.2) is 0 Å². The lowest BCUT2D eigenvalue weighted by Crippen LogP contribution is -2.49. The van der Waals surface area contributed by atoms with Crippen molar-refractivity contribution in [3.05, 3.63) is 0 Å². The third-order valence-electron chi connectivity index (χ3n) is 3.03. The minimum absolute atomic E-state index is 0.343. The monoisotopic (exact) mass is 234 g/mol. The van der Waals surface area contributed by atoms with Crippen LogP contribution >= 0.6 is 0 Å². The van der Waals surface area contributed by atoms with Crippen molar-refractivity contribution < 1.29 is 29.2 Å². The quantitative estimate of drug-likeness (QED) is 0.668. The first-order chi connectivity index (χ1) is 7.48. The van der Waals surface area contributed by atoms with Crippen LogP contribution in [0.25, 0.3) is 0 Å². The van der Waals surface area contributed by atoms with Gasteiger partial charge in [0.2, 0.25) is 0 Å². The van der Waals surface area contributed by atoms with Gasteiger partial charge in [0.1, 0.15) is 17.8 Å². The highest BCUT2D eigenvalue weighted by atomic mass is 16.8. The molecule has 0 amide bonds. The van der Waals surface area contributed by atoms with Gasteiger partial charge in [-0.15, -0.1) is 0 Å². The molecule has 0 aliphatic carbocycles. The molecule has 2 aliphatic rings. The molecule has 2 rings (SSSR count). The Balaban J connectivity index is 2.26. The fraction of sp³-hybridized carbons (Fsp3) is 1.00. The average molecular weight is 234 g/mol. The molecule has 0 aromatic carbocycles. The second-order valence-electron chi connectivity index (χ2n) is 4.62. The number of rotatable bonds is 3. The number of methoxy groups -OCH3 is 1. The van der Waals surface area contributed by atoms with Crippen LogP contribution in [-0.2, 0) is 18.9 Å². The summed E-state index contributed by atoms with van der Waals surface area (Å²) in [4.78, 5) is 0. The zero-order chi connectivity index (χ0) is 12.0. The summed E-state index contributed by atoms with van der Waals surface area (Å²) in [5.74, 6) is -0.758. The van der Waals surface area contributed by atoms with Gasteiger partial charge in [-0.3, -0.25) is 0 Å². The number of aliphatic hydroxyl groups is 2. The molecule has 0 saturated carbocycles. The summed E-state index contributed by atoms with van der Waals surface area (Å²) in [6.07, 6.45) is -1.59. The minimum atomic E-state index is -1.15. The van der Waals surface area contributed by atoms with Crippen LogP contribution in [0.5, 0.6) is 0 Å². The molecule has 2 fully saturated rings. The van der Waals surface area contributed by atoms with Crippen molar-refractivity contribution in [2.24, 2.45) is 0 Å². The first-order valence-electron chi connectivity index (χ1n) is 5.26. The standard InChI is InChI=1S/C10H18O6/c1-9(2)14-6-7(15-9)10(4-11,5-12)16-8(6)13-3/h6-8,11-12H,4-5H2,1-3H3/t6-,7-,8?/m0/s1. The molecule has 6 nitrogen and oxygen atoms in total. The molecular formula is C10H18O6. The molecule has 3 atom stereocenters. The predicted molar refractivity (Wildman–Crippen MR) is 52.6 cm³/mol. The summed E-state index contributed by atoms with van der Waals surface area (Å²) in [6, 6.07) is 0. The van der Waals surface area contributed by atoms with E-state index >= 15 is 0 Å². The molecule has 94 valence electrons. The number of aliphatic hydroxyl groups excluding tert-OH is 2. The van der Waals surface area contributed by atoms with Gasteiger partial charge in [0.15, 0.2) is 12.1 Å². The van der Waals surface area contributed by atoms with Gasteiger partial charge < -0.3 is 29.2 Å². The average Bonchev–Trinajstić information content (AvgIpc) is 2.70. The molecule has 0 aromatic rings. The molecule has 2 aliphatic heterocycles. The normalized spacial score (nSPS) is 39.9. The maximum absolute atomic E-state index is 9.37. The van der Waals surface area contributed by atoms with Gasteiger partial charge in [0.25, 0.3) is 0 Å². The van der Waals surface area contributed by atoms with Gasteiger partial charge in [0.05, 0.1) is 13.2 Å². The van der Waals surface area contributed by atoms with E-state index in [1.165, 1.54) is 7.11 Å². The summed E-state index contributed by atoms with van der Waals surface area (Å²) in [5, 5.41) is 18.7. The highest BCUT2D eigenvalue weighted by molar-refractivity contribution is 5.04.